The zero-order valence-corrected chi connectivity index (χ0v) is 33.3. The van der Waals surface area contributed by atoms with Gasteiger partial charge in [0.25, 0.3) is 23.6 Å². The number of alkyl halides is 3. The number of benzene rings is 3. The van der Waals surface area contributed by atoms with Crippen molar-refractivity contribution < 1.29 is 42.2 Å². The quantitative estimate of drug-likeness (QED) is 0.139. The van der Waals surface area contributed by atoms with Crippen molar-refractivity contribution in [3.8, 4) is 11.5 Å². The molecule has 0 unspecified atom stereocenters. The van der Waals surface area contributed by atoms with Crippen LogP contribution >= 0.6 is 46.4 Å². The van der Waals surface area contributed by atoms with Crippen molar-refractivity contribution >= 4 is 81.5 Å². The van der Waals surface area contributed by atoms with E-state index in [1.54, 1.807) is 36.4 Å². The van der Waals surface area contributed by atoms with E-state index in [9.17, 15) is 32.7 Å². The second kappa shape index (κ2) is 14.4. The number of anilines is 2. The second-order valence-corrected chi connectivity index (χ2v) is 16.1. The summed E-state index contributed by atoms with van der Waals surface area (Å²) in [5.74, 6) is -8.20. The zero-order chi connectivity index (χ0) is 41.6. The highest BCUT2D eigenvalue weighted by Gasteiger charge is 2.71. The first kappa shape index (κ1) is 39.8. The van der Waals surface area contributed by atoms with Crippen LogP contribution in [-0.4, -0.2) is 57.9 Å². The molecule has 4 amide bonds. The number of carbonyl (C=O) groups excluding carboxylic acids is 4. The van der Waals surface area contributed by atoms with Gasteiger partial charge in [0.1, 0.15) is 17.2 Å². The van der Waals surface area contributed by atoms with Gasteiger partial charge in [0.2, 0.25) is 0 Å². The predicted octanol–water partition coefficient (Wildman–Crippen LogP) is 8.46. The molecule has 1 aromatic heterocycles. The summed E-state index contributed by atoms with van der Waals surface area (Å²) in [7, 11) is 2.70. The maximum absolute atomic E-state index is 15.4. The minimum absolute atomic E-state index is 0.00475. The number of aromatic nitrogens is 1. The molecule has 4 aliphatic rings. The number of phenols is 1. The molecule has 18 heteroatoms. The van der Waals surface area contributed by atoms with Crippen molar-refractivity contribution in [1.29, 1.82) is 0 Å². The van der Waals surface area contributed by atoms with Crippen molar-refractivity contribution in [3.63, 3.8) is 0 Å². The molecule has 300 valence electrons. The number of fused-ring (bicyclic) bond motifs is 4. The molecule has 2 N–H and O–H groups in total. The van der Waals surface area contributed by atoms with Gasteiger partial charge in [0.15, 0.2) is 5.82 Å². The van der Waals surface area contributed by atoms with E-state index in [4.69, 9.17) is 51.1 Å². The lowest BCUT2D eigenvalue weighted by molar-refractivity contribution is -0.142. The number of hydrogen-bond donors (Lipinski definition) is 2. The van der Waals surface area contributed by atoms with E-state index in [-0.39, 0.29) is 39.3 Å². The van der Waals surface area contributed by atoms with Gasteiger partial charge in [-0.05, 0) is 84.5 Å². The average molecular weight is 876 g/mol. The molecule has 3 fully saturated rings. The first-order valence-corrected chi connectivity index (χ1v) is 19.3. The number of rotatable bonds is 7. The van der Waals surface area contributed by atoms with Crippen LogP contribution in [0.2, 0.25) is 20.1 Å². The Morgan fingerprint density at radius 2 is 1.60 bits per heavy atom. The molecule has 2 saturated heterocycles. The number of hydrogen-bond acceptors (Lipinski definition) is 9. The summed E-state index contributed by atoms with van der Waals surface area (Å²) in [4.78, 5) is 62.9. The molecule has 4 aromatic rings. The molecule has 58 heavy (non-hydrogen) atoms. The Balaban J connectivity index is 1.29. The van der Waals surface area contributed by atoms with Crippen LogP contribution in [0.15, 0.2) is 84.4 Å². The number of aromatic hydroxyl groups is 1. The highest BCUT2D eigenvalue weighted by atomic mass is 35.5. The summed E-state index contributed by atoms with van der Waals surface area (Å²) < 4.78 is 46.6. The molecule has 0 radical (unpaired) electrons. The van der Waals surface area contributed by atoms with Crippen LogP contribution in [0.25, 0.3) is 0 Å². The number of pyridine rings is 1. The summed E-state index contributed by atoms with van der Waals surface area (Å²) in [5, 5.41) is 13.2. The summed E-state index contributed by atoms with van der Waals surface area (Å²) in [6, 6.07) is 17.0. The number of hydrazine groups is 2. The Labute approximate surface area is 348 Å². The van der Waals surface area contributed by atoms with Crippen LogP contribution in [0.1, 0.15) is 35.6 Å². The molecule has 8 rings (SSSR count). The normalized spacial score (nSPS) is 25.3. The Morgan fingerprint density at radius 3 is 2.26 bits per heavy atom. The smallest absolute Gasteiger partial charge is 0.433 e. The third-order valence-corrected chi connectivity index (χ3v) is 12.7. The van der Waals surface area contributed by atoms with Crippen LogP contribution in [0.3, 0.4) is 0 Å². The predicted molar refractivity (Wildman–Crippen MR) is 208 cm³/mol. The first-order valence-electron chi connectivity index (χ1n) is 17.8. The van der Waals surface area contributed by atoms with Gasteiger partial charge in [-0.3, -0.25) is 29.6 Å². The maximum atomic E-state index is 15.4. The number of amides is 4. The Bertz CT molecular complexity index is 2450. The van der Waals surface area contributed by atoms with Gasteiger partial charge in [0, 0.05) is 23.0 Å². The summed E-state index contributed by atoms with van der Waals surface area (Å²) in [6.07, 6.45) is -3.19. The molecule has 3 heterocycles. The zero-order valence-electron chi connectivity index (χ0n) is 30.2. The van der Waals surface area contributed by atoms with Gasteiger partial charge < -0.3 is 9.84 Å². The largest absolute Gasteiger partial charge is 0.508 e. The van der Waals surface area contributed by atoms with Crippen molar-refractivity contribution in [2.75, 3.05) is 24.6 Å². The van der Waals surface area contributed by atoms with Gasteiger partial charge in [0.05, 0.1) is 46.0 Å². The molecule has 1 saturated carbocycles. The number of nitrogens with zero attached hydrogens (tertiary/aromatic N) is 4. The van der Waals surface area contributed by atoms with E-state index in [2.05, 4.69) is 10.4 Å². The Hall–Kier alpha value is -5.02. The van der Waals surface area contributed by atoms with Gasteiger partial charge in [-0.25, -0.2) is 4.98 Å². The van der Waals surface area contributed by atoms with E-state index in [1.165, 1.54) is 44.5 Å². The fourth-order valence-electron chi connectivity index (χ4n) is 9.13. The van der Waals surface area contributed by atoms with Gasteiger partial charge >= 0.3 is 6.18 Å². The number of phenolic OH excluding ortho intramolecular Hbond substituents is 1. The van der Waals surface area contributed by atoms with E-state index in [0.29, 0.717) is 33.5 Å². The maximum Gasteiger partial charge on any atom is 0.433 e. The van der Waals surface area contributed by atoms with Gasteiger partial charge in [-0.2, -0.15) is 23.2 Å². The fourth-order valence-corrected chi connectivity index (χ4v) is 10.1. The monoisotopic (exact) mass is 873 g/mol. The molecular formula is C40H30Cl4F3N5O6. The van der Waals surface area contributed by atoms with Crippen LogP contribution in [-0.2, 0) is 30.8 Å². The van der Waals surface area contributed by atoms with E-state index >= 15 is 4.79 Å². The Kier molecular flexibility index (Phi) is 9.85. The van der Waals surface area contributed by atoms with Crippen LogP contribution in [0, 0.1) is 23.7 Å². The second-order valence-electron chi connectivity index (χ2n) is 14.4. The van der Waals surface area contributed by atoms with E-state index in [1.807, 2.05) is 0 Å². The highest BCUT2D eigenvalue weighted by Crippen LogP contribution is 2.65. The molecule has 2 aliphatic heterocycles. The van der Waals surface area contributed by atoms with Crippen molar-refractivity contribution in [1.82, 2.24) is 15.0 Å². The summed E-state index contributed by atoms with van der Waals surface area (Å²) in [5.41, 5.74) is 1.39. The number of nitrogens with one attached hydrogen (secondary N) is 1. The number of carbonyl (C=O) groups is 4. The van der Waals surface area contributed by atoms with E-state index in [0.717, 1.165) is 21.1 Å². The molecule has 11 nitrogen and oxygen atoms in total. The molecule has 0 bridgehead atoms. The fraction of sp³-hybridized carbons (Fsp3) is 0.275. The topological polar surface area (TPSA) is 132 Å². The lowest BCUT2D eigenvalue weighted by Gasteiger charge is -2.50. The third kappa shape index (κ3) is 6.06. The number of methoxy groups -OCH3 is 1. The lowest BCUT2D eigenvalue weighted by atomic mass is 9.49. The van der Waals surface area contributed by atoms with Crippen molar-refractivity contribution in [2.45, 2.75) is 30.4 Å². The van der Waals surface area contributed by atoms with Gasteiger partial charge in [-0.15, -0.1) is 0 Å². The average Bonchev–Trinajstić information content (AvgIpc) is 3.56. The standard InChI is InChI=1S/C40H30Cl4F3N5O6/c1-50(34-27(42)12-14-31(48-34)40(45,46)47)52-35(54)24-11-10-22-25(32(24)37(52)56)17-26-36(55)51(49-30-13-5-19(41)15-29(30)44)38(57)39(26,18-3-7-21(58-2)8-4-18)33(22)23-9-6-20(53)16-28(23)43/h3-10,12-16,24-26,32-33,49,53H,11,17H2,1-2H3/t24-,25+,26-,32-,33+,39+/m0/s1. The SMILES string of the molecule is COc1ccc([C@@]23C(=O)N(Nc4ccc(Cl)cc4Cl)C(=O)[C@@H]2C[C@@H]2C(=CC[C@@H]4C(=O)N(N(C)c5nc(C(F)(F)F)ccc5Cl)C(=O)[C@@H]42)[C@@H]3c2ccc(O)cc2Cl)cc1. The highest BCUT2D eigenvalue weighted by molar-refractivity contribution is 6.36. The number of halogens is 7. The first-order chi connectivity index (χ1) is 27.5. The molecule has 6 atom stereocenters. The third-order valence-electron chi connectivity index (χ3n) is 11.6. The summed E-state index contributed by atoms with van der Waals surface area (Å²) >= 11 is 25.9. The Morgan fingerprint density at radius 1 is 0.879 bits per heavy atom. The number of ether oxygens (including phenoxy) is 1. The van der Waals surface area contributed by atoms with E-state index < -0.39 is 76.3 Å². The molecule has 0 spiro atoms. The summed E-state index contributed by atoms with van der Waals surface area (Å²) in [6.45, 7) is 0. The van der Waals surface area contributed by atoms with Crippen LogP contribution < -0.4 is 15.2 Å². The lowest BCUT2D eigenvalue weighted by Crippen LogP contribution is -2.53. The van der Waals surface area contributed by atoms with Crippen molar-refractivity contribution in [3.05, 3.63) is 121 Å². The molecular weight excluding hydrogens is 845 g/mol. The molecule has 2 aliphatic carbocycles. The number of allylic oxidation sites excluding steroid dienone is 2. The minimum Gasteiger partial charge on any atom is -0.508 e. The van der Waals surface area contributed by atoms with Crippen LogP contribution in [0.4, 0.5) is 24.7 Å². The minimum atomic E-state index is -4.85. The molecule has 3 aromatic carbocycles. The van der Waals surface area contributed by atoms with Crippen molar-refractivity contribution in [2.24, 2.45) is 23.7 Å². The van der Waals surface area contributed by atoms with Gasteiger partial charge in [-0.1, -0.05) is 76.3 Å². The number of imide groups is 2. The van der Waals surface area contributed by atoms with Crippen LogP contribution in [0.5, 0.6) is 11.5 Å².